The minimum absolute atomic E-state index is 0.337. The number of rotatable bonds is 5. The van der Waals surface area contributed by atoms with Crippen LogP contribution < -0.4 is 4.18 Å². The summed E-state index contributed by atoms with van der Waals surface area (Å²) in [7, 11) is -5.62. The van der Waals surface area contributed by atoms with E-state index in [2.05, 4.69) is 17.7 Å². The Balaban J connectivity index is 1.92. The summed E-state index contributed by atoms with van der Waals surface area (Å²) in [5.41, 5.74) is -3.21. The maximum atomic E-state index is 12.3. The highest BCUT2D eigenvalue weighted by Crippen LogP contribution is 2.34. The molecule has 0 heterocycles. The highest BCUT2D eigenvalue weighted by atomic mass is 32.2. The third-order valence-corrected chi connectivity index (χ3v) is 5.18. The normalized spacial score (nSPS) is 22.4. The second kappa shape index (κ2) is 7.17. The molecular weight excluding hydrogens is 341 g/mol. The Hall–Kier alpha value is -1.50. The van der Waals surface area contributed by atoms with Crippen molar-refractivity contribution in [3.63, 3.8) is 0 Å². The van der Waals surface area contributed by atoms with E-state index in [0.717, 1.165) is 37.7 Å². The molecule has 0 radical (unpaired) electrons. The quantitative estimate of drug-likeness (QED) is 0.428. The van der Waals surface area contributed by atoms with Crippen molar-refractivity contribution in [2.24, 2.45) is 11.8 Å². The summed E-state index contributed by atoms with van der Waals surface area (Å²) >= 11 is 0. The molecule has 1 saturated carbocycles. The molecule has 1 fully saturated rings. The summed E-state index contributed by atoms with van der Waals surface area (Å²) in [4.78, 5) is 0. The molecule has 3 nitrogen and oxygen atoms in total. The predicted molar refractivity (Wildman–Crippen MR) is 86.0 cm³/mol. The van der Waals surface area contributed by atoms with Crippen molar-refractivity contribution in [2.75, 3.05) is 0 Å². The molecule has 0 aromatic heterocycles. The Morgan fingerprint density at radius 2 is 1.83 bits per heavy atom. The average molecular weight is 362 g/mol. The monoisotopic (exact) mass is 362 g/mol. The Kier molecular flexibility index (Phi) is 5.63. The molecule has 2 rings (SSSR count). The van der Waals surface area contributed by atoms with E-state index >= 15 is 0 Å². The van der Waals surface area contributed by atoms with Gasteiger partial charge in [-0.25, -0.2) is 0 Å². The van der Waals surface area contributed by atoms with Crippen LogP contribution in [0.2, 0.25) is 0 Å². The highest BCUT2D eigenvalue weighted by Gasteiger charge is 2.48. The van der Waals surface area contributed by atoms with E-state index in [9.17, 15) is 21.6 Å². The number of hydrogen-bond acceptors (Lipinski definition) is 3. The predicted octanol–water partition coefficient (Wildman–Crippen LogP) is 4.84. The summed E-state index contributed by atoms with van der Waals surface area (Å²) in [6.45, 7) is 6.28. The van der Waals surface area contributed by atoms with Crippen molar-refractivity contribution >= 4 is 10.1 Å². The molecule has 2 atom stereocenters. The van der Waals surface area contributed by atoms with Gasteiger partial charge in [-0.2, -0.15) is 21.6 Å². The van der Waals surface area contributed by atoms with Gasteiger partial charge in [0.15, 0.2) is 0 Å². The lowest BCUT2D eigenvalue weighted by atomic mass is 9.77. The van der Waals surface area contributed by atoms with Crippen molar-refractivity contribution in [2.45, 2.75) is 44.5 Å². The van der Waals surface area contributed by atoms with Crippen molar-refractivity contribution < 1.29 is 25.8 Å². The maximum absolute atomic E-state index is 12.3. The largest absolute Gasteiger partial charge is 0.534 e. The molecule has 1 aromatic carbocycles. The third-order valence-electron chi connectivity index (χ3n) is 4.20. The Morgan fingerprint density at radius 1 is 1.21 bits per heavy atom. The first kappa shape index (κ1) is 18.8. The number of halogens is 3. The number of benzene rings is 1. The van der Waals surface area contributed by atoms with E-state index in [0.29, 0.717) is 11.8 Å². The molecule has 0 aliphatic heterocycles. The molecule has 0 spiro atoms. The number of allylic oxidation sites excluding steroid dienone is 1. The van der Waals surface area contributed by atoms with Gasteiger partial charge in [-0.05, 0) is 61.6 Å². The second-order valence-corrected chi connectivity index (χ2v) is 8.07. The van der Waals surface area contributed by atoms with Crippen LogP contribution in [0, 0.1) is 11.8 Å². The Morgan fingerprint density at radius 3 is 2.38 bits per heavy atom. The van der Waals surface area contributed by atoms with Gasteiger partial charge >= 0.3 is 15.6 Å². The van der Waals surface area contributed by atoms with Crippen molar-refractivity contribution in [3.8, 4) is 5.75 Å². The Labute approximate surface area is 140 Å². The van der Waals surface area contributed by atoms with Crippen LogP contribution in [0.1, 0.15) is 38.2 Å². The van der Waals surface area contributed by atoms with Gasteiger partial charge < -0.3 is 4.18 Å². The zero-order chi connectivity index (χ0) is 18.0. The van der Waals surface area contributed by atoms with E-state index in [4.69, 9.17) is 0 Å². The average Bonchev–Trinajstić information content (AvgIpc) is 2.44. The molecule has 2 unspecified atom stereocenters. The Bertz CT molecular complexity index is 678. The van der Waals surface area contributed by atoms with Gasteiger partial charge in [0.1, 0.15) is 5.75 Å². The lowest BCUT2D eigenvalue weighted by Crippen LogP contribution is -2.28. The molecule has 1 aromatic rings. The zero-order valence-electron chi connectivity index (χ0n) is 13.5. The van der Waals surface area contributed by atoms with Gasteiger partial charge in [0, 0.05) is 0 Å². The van der Waals surface area contributed by atoms with Crippen molar-refractivity contribution in [3.05, 3.63) is 42.0 Å². The molecular formula is C17H21F3O3S. The maximum Gasteiger partial charge on any atom is 0.534 e. The molecule has 1 aliphatic carbocycles. The lowest BCUT2D eigenvalue weighted by molar-refractivity contribution is -0.0500. The van der Waals surface area contributed by atoms with Gasteiger partial charge in [0.2, 0.25) is 0 Å². The van der Waals surface area contributed by atoms with Crippen LogP contribution in [0.15, 0.2) is 36.4 Å². The standard InChI is InChI=1S/C17H21F3O3S/c1-12-9-13(2)11-15(10-12)4-3-14-5-7-16(8-6-14)23-24(21,22)17(18,19)20/h5-8,13,15H,1,3-4,9-11H2,2H3. The topological polar surface area (TPSA) is 43.4 Å². The van der Waals surface area contributed by atoms with Crippen LogP contribution in [-0.4, -0.2) is 13.9 Å². The minimum atomic E-state index is -5.62. The van der Waals surface area contributed by atoms with Crippen LogP contribution in [0.4, 0.5) is 13.2 Å². The highest BCUT2D eigenvalue weighted by molar-refractivity contribution is 7.87. The van der Waals surface area contributed by atoms with Gasteiger partial charge in [0.25, 0.3) is 0 Å². The SMILES string of the molecule is C=C1CC(C)CC(CCc2ccc(OS(=O)(=O)C(F)(F)F)cc2)C1. The van der Waals surface area contributed by atoms with Crippen LogP contribution >= 0.6 is 0 Å². The first-order chi connectivity index (χ1) is 11.1. The summed E-state index contributed by atoms with van der Waals surface area (Å²) in [5, 5.41) is 0. The molecule has 24 heavy (non-hydrogen) atoms. The van der Waals surface area contributed by atoms with E-state index in [1.807, 2.05) is 0 Å². The second-order valence-electron chi connectivity index (χ2n) is 6.53. The van der Waals surface area contributed by atoms with Gasteiger partial charge in [0.05, 0.1) is 0 Å². The molecule has 0 amide bonds. The summed E-state index contributed by atoms with van der Waals surface area (Å²) < 4.78 is 62.8. The van der Waals surface area contributed by atoms with Gasteiger partial charge in [-0.15, -0.1) is 0 Å². The third kappa shape index (κ3) is 5.00. The molecule has 0 N–H and O–H groups in total. The van der Waals surface area contributed by atoms with E-state index in [1.54, 1.807) is 12.1 Å². The van der Waals surface area contributed by atoms with Crippen LogP contribution in [0.25, 0.3) is 0 Å². The van der Waals surface area contributed by atoms with E-state index in [1.165, 1.54) is 17.7 Å². The summed E-state index contributed by atoms with van der Waals surface area (Å²) in [6, 6.07) is 5.70. The first-order valence-corrected chi connectivity index (χ1v) is 9.24. The molecule has 0 bridgehead atoms. The van der Waals surface area contributed by atoms with Gasteiger partial charge in [-0.3, -0.25) is 0 Å². The van der Waals surface area contributed by atoms with Crippen LogP contribution in [-0.2, 0) is 16.5 Å². The molecule has 7 heteroatoms. The fourth-order valence-corrected chi connectivity index (χ4v) is 3.66. The molecule has 1 aliphatic rings. The summed E-state index contributed by atoms with van der Waals surface area (Å²) in [6.07, 6.45) is 5.02. The molecule has 134 valence electrons. The smallest absolute Gasteiger partial charge is 0.376 e. The number of alkyl halides is 3. The fraction of sp³-hybridized carbons (Fsp3) is 0.529. The van der Waals surface area contributed by atoms with Gasteiger partial charge in [-0.1, -0.05) is 31.2 Å². The summed E-state index contributed by atoms with van der Waals surface area (Å²) in [5.74, 6) is 0.873. The fourth-order valence-electron chi connectivity index (χ4n) is 3.20. The first-order valence-electron chi connectivity index (χ1n) is 7.83. The van der Waals surface area contributed by atoms with Crippen molar-refractivity contribution in [1.82, 2.24) is 0 Å². The molecule has 0 saturated heterocycles. The van der Waals surface area contributed by atoms with E-state index < -0.39 is 15.6 Å². The van der Waals surface area contributed by atoms with Crippen LogP contribution in [0.5, 0.6) is 5.75 Å². The van der Waals surface area contributed by atoms with Crippen molar-refractivity contribution in [1.29, 1.82) is 0 Å². The van der Waals surface area contributed by atoms with Crippen LogP contribution in [0.3, 0.4) is 0 Å². The zero-order valence-corrected chi connectivity index (χ0v) is 14.3. The minimum Gasteiger partial charge on any atom is -0.376 e. The number of hydrogen-bond donors (Lipinski definition) is 0. The lowest BCUT2D eigenvalue weighted by Gasteiger charge is -2.28. The van der Waals surface area contributed by atoms with E-state index in [-0.39, 0.29) is 5.75 Å². The number of aryl methyl sites for hydroxylation is 1.